The molecule has 0 unspecified atom stereocenters. The Morgan fingerprint density at radius 2 is 1.79 bits per heavy atom. The summed E-state index contributed by atoms with van der Waals surface area (Å²) in [6, 6.07) is 8.54. The summed E-state index contributed by atoms with van der Waals surface area (Å²) in [4.78, 5) is 21.7. The summed E-state index contributed by atoms with van der Waals surface area (Å²) >= 11 is 0. The van der Waals surface area contributed by atoms with E-state index in [4.69, 9.17) is 0 Å². The Bertz CT molecular complexity index is 1080. The van der Waals surface area contributed by atoms with Crippen molar-refractivity contribution in [1.29, 1.82) is 0 Å². The zero-order valence-corrected chi connectivity index (χ0v) is 17.1. The molecule has 1 aliphatic rings. The van der Waals surface area contributed by atoms with Crippen LogP contribution in [-0.4, -0.2) is 25.7 Å². The first-order valence-corrected chi connectivity index (χ1v) is 9.73. The van der Waals surface area contributed by atoms with Crippen LogP contribution in [-0.2, 0) is 16.8 Å². The predicted octanol–water partition coefficient (Wildman–Crippen LogP) is 3.38. The summed E-state index contributed by atoms with van der Waals surface area (Å²) in [6.07, 6.45) is 1.67. The number of carbonyl (C=O) groups is 1. The van der Waals surface area contributed by atoms with Crippen LogP contribution in [0.15, 0.2) is 30.3 Å². The fraction of sp³-hybridized carbons (Fsp3) is 0.364. The molecule has 3 aromatic rings. The number of hydrogen-bond acceptors (Lipinski definition) is 4. The summed E-state index contributed by atoms with van der Waals surface area (Å²) in [5, 5.41) is 7.60. The predicted molar refractivity (Wildman–Crippen MR) is 107 cm³/mol. The first-order chi connectivity index (χ1) is 13.8. The minimum absolute atomic E-state index is 0.141. The lowest BCUT2D eigenvalue weighted by molar-refractivity contribution is -0.121. The highest BCUT2D eigenvalue weighted by molar-refractivity contribution is 5.80. The average Bonchev–Trinajstić information content (AvgIpc) is 3.37. The van der Waals surface area contributed by atoms with E-state index < -0.39 is 5.54 Å². The van der Waals surface area contributed by atoms with Crippen LogP contribution in [0.2, 0.25) is 0 Å². The van der Waals surface area contributed by atoms with Crippen LogP contribution in [0.5, 0.6) is 0 Å². The maximum Gasteiger partial charge on any atom is 0.251 e. The van der Waals surface area contributed by atoms with Gasteiger partial charge >= 0.3 is 0 Å². The Labute approximate surface area is 169 Å². The van der Waals surface area contributed by atoms with Crippen molar-refractivity contribution in [2.24, 2.45) is 0 Å². The lowest BCUT2D eigenvalue weighted by Gasteiger charge is -2.18. The summed E-state index contributed by atoms with van der Waals surface area (Å²) in [7, 11) is 0. The highest BCUT2D eigenvalue weighted by Gasteiger charge is 2.47. The number of halogens is 1. The van der Waals surface area contributed by atoms with E-state index in [1.165, 1.54) is 6.07 Å². The van der Waals surface area contributed by atoms with Crippen molar-refractivity contribution >= 4 is 5.91 Å². The molecule has 2 heterocycles. The van der Waals surface area contributed by atoms with Crippen LogP contribution >= 0.6 is 0 Å². The largest absolute Gasteiger partial charge is 0.346 e. The highest BCUT2D eigenvalue weighted by Crippen LogP contribution is 2.46. The van der Waals surface area contributed by atoms with E-state index in [1.54, 1.807) is 22.9 Å². The van der Waals surface area contributed by atoms with Gasteiger partial charge in [0.05, 0.1) is 17.7 Å². The minimum Gasteiger partial charge on any atom is -0.346 e. The molecule has 0 atom stereocenters. The van der Waals surface area contributed by atoms with Gasteiger partial charge in [-0.05, 0) is 52.7 Å². The Morgan fingerprint density at radius 3 is 2.41 bits per heavy atom. The fourth-order valence-corrected chi connectivity index (χ4v) is 3.84. The molecule has 29 heavy (non-hydrogen) atoms. The number of aromatic nitrogens is 4. The highest BCUT2D eigenvalue weighted by atomic mass is 19.1. The molecule has 1 aliphatic carbocycles. The number of nitrogens with one attached hydrogen (secondary N) is 1. The van der Waals surface area contributed by atoms with E-state index in [0.717, 1.165) is 41.2 Å². The van der Waals surface area contributed by atoms with Gasteiger partial charge in [0.1, 0.15) is 5.82 Å². The quantitative estimate of drug-likeness (QED) is 0.721. The van der Waals surface area contributed by atoms with Crippen molar-refractivity contribution in [3.8, 4) is 5.95 Å². The third-order valence-corrected chi connectivity index (χ3v) is 5.46. The van der Waals surface area contributed by atoms with Gasteiger partial charge in [-0.25, -0.2) is 19.0 Å². The molecule has 0 aliphatic heterocycles. The Balaban J connectivity index is 1.57. The lowest BCUT2D eigenvalue weighted by Crippen LogP contribution is -2.36. The molecule has 1 N–H and O–H groups in total. The van der Waals surface area contributed by atoms with Gasteiger partial charge < -0.3 is 5.32 Å². The van der Waals surface area contributed by atoms with E-state index in [0.29, 0.717) is 11.5 Å². The summed E-state index contributed by atoms with van der Waals surface area (Å²) in [6.45, 7) is 7.61. The molecule has 1 fully saturated rings. The van der Waals surface area contributed by atoms with E-state index >= 15 is 0 Å². The van der Waals surface area contributed by atoms with Crippen LogP contribution in [0.3, 0.4) is 0 Å². The third kappa shape index (κ3) is 3.64. The molecular weight excluding hydrogens is 369 g/mol. The molecule has 0 spiro atoms. The van der Waals surface area contributed by atoms with E-state index in [-0.39, 0.29) is 18.1 Å². The Morgan fingerprint density at radius 1 is 1.14 bits per heavy atom. The molecule has 1 amide bonds. The SMILES string of the molecule is Cc1cc(C)nc(-n2nc(C)c(CC(=O)NC3(c4ccccc4F)CC3)c2C)n1. The van der Waals surface area contributed by atoms with Crippen molar-refractivity contribution in [3.05, 3.63) is 70.1 Å². The van der Waals surface area contributed by atoms with E-state index in [2.05, 4.69) is 20.4 Å². The smallest absolute Gasteiger partial charge is 0.251 e. The van der Waals surface area contributed by atoms with Gasteiger partial charge in [0.25, 0.3) is 5.95 Å². The second-order valence-electron chi connectivity index (χ2n) is 7.80. The molecule has 0 bridgehead atoms. The number of hydrogen-bond donors (Lipinski definition) is 1. The van der Waals surface area contributed by atoms with Crippen molar-refractivity contribution in [1.82, 2.24) is 25.1 Å². The standard InChI is InChI=1S/C22H24FN5O/c1-13-11-14(2)25-21(24-13)28-16(4)17(15(3)27-28)12-20(29)26-22(9-10-22)18-7-5-6-8-19(18)23/h5-8,11H,9-10,12H2,1-4H3,(H,26,29). The van der Waals surface area contributed by atoms with Gasteiger partial charge in [-0.15, -0.1) is 0 Å². The molecule has 2 aromatic heterocycles. The maximum absolute atomic E-state index is 14.2. The zero-order valence-electron chi connectivity index (χ0n) is 17.1. The van der Waals surface area contributed by atoms with Crippen LogP contribution in [0.1, 0.15) is 46.7 Å². The molecule has 0 radical (unpaired) electrons. The molecule has 4 rings (SSSR count). The minimum atomic E-state index is -0.586. The molecule has 1 aromatic carbocycles. The Hall–Kier alpha value is -3.09. The monoisotopic (exact) mass is 393 g/mol. The zero-order chi connectivity index (χ0) is 20.8. The van der Waals surface area contributed by atoms with Crippen molar-refractivity contribution < 1.29 is 9.18 Å². The molecule has 1 saturated carbocycles. The van der Waals surface area contributed by atoms with Crippen LogP contribution < -0.4 is 5.32 Å². The molecular formula is C22H24FN5O. The Kier molecular flexibility index (Phi) is 4.68. The van der Waals surface area contributed by atoms with Crippen LogP contribution in [0, 0.1) is 33.5 Å². The molecule has 0 saturated heterocycles. The summed E-state index contributed by atoms with van der Waals surface area (Å²) in [5.74, 6) is 0.0788. The molecule has 150 valence electrons. The van der Waals surface area contributed by atoms with Crippen LogP contribution in [0.4, 0.5) is 4.39 Å². The van der Waals surface area contributed by atoms with Gasteiger partial charge in [0, 0.05) is 28.2 Å². The average molecular weight is 393 g/mol. The lowest BCUT2D eigenvalue weighted by atomic mass is 10.0. The number of carbonyl (C=O) groups excluding carboxylic acids is 1. The maximum atomic E-state index is 14.2. The van der Waals surface area contributed by atoms with Gasteiger partial charge in [0.15, 0.2) is 0 Å². The molecule has 7 heteroatoms. The number of amides is 1. The third-order valence-electron chi connectivity index (χ3n) is 5.46. The van der Waals surface area contributed by atoms with Crippen LogP contribution in [0.25, 0.3) is 5.95 Å². The van der Waals surface area contributed by atoms with Crippen molar-refractivity contribution in [3.63, 3.8) is 0 Å². The number of rotatable bonds is 5. The number of aryl methyl sites for hydroxylation is 3. The number of nitrogens with zero attached hydrogens (tertiary/aromatic N) is 4. The molecule has 6 nitrogen and oxygen atoms in total. The second kappa shape index (κ2) is 7.06. The van der Waals surface area contributed by atoms with E-state index in [9.17, 15) is 9.18 Å². The summed E-state index contributed by atoms with van der Waals surface area (Å²) < 4.78 is 15.9. The van der Waals surface area contributed by atoms with Gasteiger partial charge in [-0.2, -0.15) is 5.10 Å². The van der Waals surface area contributed by atoms with Gasteiger partial charge in [0.2, 0.25) is 5.91 Å². The van der Waals surface area contributed by atoms with Gasteiger partial charge in [-0.3, -0.25) is 4.79 Å². The van der Waals surface area contributed by atoms with Crippen molar-refractivity contribution in [2.75, 3.05) is 0 Å². The first kappa shape index (κ1) is 19.2. The normalized spacial score (nSPS) is 14.7. The topological polar surface area (TPSA) is 72.7 Å². The fourth-order valence-electron chi connectivity index (χ4n) is 3.84. The second-order valence-corrected chi connectivity index (χ2v) is 7.80. The first-order valence-electron chi connectivity index (χ1n) is 9.73. The van der Waals surface area contributed by atoms with Gasteiger partial charge in [-0.1, -0.05) is 18.2 Å². The van der Waals surface area contributed by atoms with E-state index in [1.807, 2.05) is 33.8 Å². The summed E-state index contributed by atoms with van der Waals surface area (Å²) in [5.41, 5.74) is 4.13. The number of benzene rings is 1. The van der Waals surface area contributed by atoms with Crippen molar-refractivity contribution in [2.45, 2.75) is 52.5 Å².